The number of nitrogens with zero attached hydrogens (tertiary/aromatic N) is 1. The normalized spacial score (nSPS) is 16.2. The molecule has 172 valence electrons. The van der Waals surface area contributed by atoms with Crippen LogP contribution in [0.3, 0.4) is 0 Å². The van der Waals surface area contributed by atoms with Crippen molar-refractivity contribution in [2.24, 2.45) is 5.92 Å². The second-order valence-electron chi connectivity index (χ2n) is 8.32. The van der Waals surface area contributed by atoms with Crippen LogP contribution in [0.1, 0.15) is 69.7 Å². The van der Waals surface area contributed by atoms with Crippen molar-refractivity contribution in [3.05, 3.63) is 29.8 Å². The molecule has 1 saturated heterocycles. The van der Waals surface area contributed by atoms with Crippen molar-refractivity contribution in [2.45, 2.75) is 65.3 Å². The number of nitrogens with one attached hydrogen (secondary N) is 1. The van der Waals surface area contributed by atoms with Gasteiger partial charge in [-0.15, -0.1) is 0 Å². The summed E-state index contributed by atoms with van der Waals surface area (Å²) in [5.41, 5.74) is 0.408. The average molecular weight is 433 g/mol. The van der Waals surface area contributed by atoms with Gasteiger partial charge in [-0.05, 0) is 30.9 Å². The Balaban J connectivity index is 2.05. The second-order valence-corrected chi connectivity index (χ2v) is 8.32. The van der Waals surface area contributed by atoms with Crippen molar-refractivity contribution in [1.29, 1.82) is 0 Å². The molecule has 7 nitrogen and oxygen atoms in total. The molecule has 1 unspecified atom stereocenters. The Bertz CT molecular complexity index is 734. The van der Waals surface area contributed by atoms with Crippen LogP contribution >= 0.6 is 0 Å². The van der Waals surface area contributed by atoms with Crippen molar-refractivity contribution >= 4 is 17.8 Å². The van der Waals surface area contributed by atoms with E-state index in [1.54, 1.807) is 18.2 Å². The smallest absolute Gasteiger partial charge is 0.308 e. The molecule has 1 aliphatic heterocycles. The van der Waals surface area contributed by atoms with Crippen molar-refractivity contribution < 1.29 is 23.9 Å². The number of carbonyl (C=O) groups excluding carboxylic acids is 3. The zero-order valence-electron chi connectivity index (χ0n) is 19.0. The Morgan fingerprint density at radius 3 is 2.68 bits per heavy atom. The largest absolute Gasteiger partial charge is 0.493 e. The molecule has 31 heavy (non-hydrogen) atoms. The third kappa shape index (κ3) is 7.89. The van der Waals surface area contributed by atoms with Crippen molar-refractivity contribution in [3.63, 3.8) is 0 Å². The molecule has 0 radical (unpaired) electrons. The van der Waals surface area contributed by atoms with Gasteiger partial charge in [0, 0.05) is 13.1 Å². The lowest BCUT2D eigenvalue weighted by molar-refractivity contribution is -0.148. The van der Waals surface area contributed by atoms with Crippen LogP contribution in [0.15, 0.2) is 24.3 Å². The van der Waals surface area contributed by atoms with E-state index in [1.807, 2.05) is 19.9 Å². The zero-order valence-corrected chi connectivity index (χ0v) is 19.0. The molecule has 2 rings (SSSR count). The first-order chi connectivity index (χ1) is 14.9. The first kappa shape index (κ1) is 24.7. The highest BCUT2D eigenvalue weighted by Crippen LogP contribution is 2.23. The van der Waals surface area contributed by atoms with Gasteiger partial charge >= 0.3 is 5.97 Å². The third-order valence-electron chi connectivity index (χ3n) is 5.28. The number of amides is 2. The highest BCUT2D eigenvalue weighted by Gasteiger charge is 2.36. The summed E-state index contributed by atoms with van der Waals surface area (Å²) < 4.78 is 11.1. The maximum Gasteiger partial charge on any atom is 0.308 e. The number of carbonyl (C=O) groups is 3. The molecule has 1 aromatic carbocycles. The van der Waals surface area contributed by atoms with E-state index < -0.39 is 12.0 Å². The fourth-order valence-corrected chi connectivity index (χ4v) is 3.42. The molecule has 1 N–H and O–H groups in total. The van der Waals surface area contributed by atoms with Gasteiger partial charge in [0.05, 0.1) is 25.2 Å². The first-order valence-corrected chi connectivity index (χ1v) is 11.4. The van der Waals surface area contributed by atoms with Gasteiger partial charge in [-0.2, -0.15) is 0 Å². The van der Waals surface area contributed by atoms with Gasteiger partial charge in [-0.25, -0.2) is 0 Å². The monoisotopic (exact) mass is 432 g/mol. The number of hydrogen-bond acceptors (Lipinski definition) is 5. The van der Waals surface area contributed by atoms with E-state index >= 15 is 0 Å². The lowest BCUT2D eigenvalue weighted by Gasteiger charge is -2.34. The molecule has 1 fully saturated rings. The van der Waals surface area contributed by atoms with E-state index in [-0.39, 0.29) is 18.2 Å². The molecule has 0 spiro atoms. The number of benzene rings is 1. The summed E-state index contributed by atoms with van der Waals surface area (Å²) in [5.74, 6) is -0.186. The summed E-state index contributed by atoms with van der Waals surface area (Å²) in [7, 11) is 0. The van der Waals surface area contributed by atoms with Gasteiger partial charge in [-0.3, -0.25) is 14.4 Å². The molecule has 0 bridgehead atoms. The van der Waals surface area contributed by atoms with Crippen LogP contribution in [0.2, 0.25) is 0 Å². The molecule has 1 aromatic rings. The van der Waals surface area contributed by atoms with Crippen LogP contribution in [-0.2, 0) is 14.3 Å². The van der Waals surface area contributed by atoms with E-state index in [4.69, 9.17) is 9.47 Å². The summed E-state index contributed by atoms with van der Waals surface area (Å²) in [4.78, 5) is 39.5. The van der Waals surface area contributed by atoms with Crippen molar-refractivity contribution in [1.82, 2.24) is 10.2 Å². The number of ether oxygens (including phenoxy) is 2. The Morgan fingerprint density at radius 1 is 1.16 bits per heavy atom. The SMILES string of the molecule is CCCCCCOc1ccccc1C(=O)N1CCNC(=O)C1CC(=O)OCCC(C)C. The van der Waals surface area contributed by atoms with E-state index in [2.05, 4.69) is 12.2 Å². The summed E-state index contributed by atoms with van der Waals surface area (Å²) in [5, 5.41) is 2.74. The topological polar surface area (TPSA) is 84.9 Å². The molecule has 0 saturated carbocycles. The third-order valence-corrected chi connectivity index (χ3v) is 5.28. The average Bonchev–Trinajstić information content (AvgIpc) is 2.74. The van der Waals surface area contributed by atoms with E-state index in [0.29, 0.717) is 43.5 Å². The highest BCUT2D eigenvalue weighted by atomic mass is 16.5. The molecular formula is C24H36N2O5. The van der Waals surface area contributed by atoms with Gasteiger partial charge in [-0.1, -0.05) is 52.2 Å². The van der Waals surface area contributed by atoms with E-state index in [0.717, 1.165) is 32.1 Å². The minimum atomic E-state index is -0.884. The minimum absolute atomic E-state index is 0.157. The fraction of sp³-hybridized carbons (Fsp3) is 0.625. The molecule has 0 aromatic heterocycles. The van der Waals surface area contributed by atoms with Crippen LogP contribution in [0, 0.1) is 5.92 Å². The molecular weight excluding hydrogens is 396 g/mol. The molecule has 1 aliphatic rings. The van der Waals surface area contributed by atoms with Crippen LogP contribution in [-0.4, -0.2) is 55.0 Å². The van der Waals surface area contributed by atoms with Crippen molar-refractivity contribution in [2.75, 3.05) is 26.3 Å². The van der Waals surface area contributed by atoms with Gasteiger partial charge in [0.1, 0.15) is 11.8 Å². The molecule has 7 heteroatoms. The number of esters is 1. The second kappa shape index (κ2) is 13.0. The van der Waals surface area contributed by atoms with Crippen LogP contribution in [0.5, 0.6) is 5.75 Å². The summed E-state index contributed by atoms with van der Waals surface area (Å²) in [6.45, 7) is 7.78. The number of unbranched alkanes of at least 4 members (excludes halogenated alkanes) is 3. The summed E-state index contributed by atoms with van der Waals surface area (Å²) in [6.07, 6.45) is 4.91. The standard InChI is InChI=1S/C24H36N2O5/c1-4-5-6-9-15-30-21-11-8-7-10-19(21)24(29)26-14-13-25-23(28)20(26)17-22(27)31-16-12-18(2)3/h7-8,10-11,18,20H,4-6,9,12-17H2,1-3H3,(H,25,28). The Kier molecular flexibility index (Phi) is 10.3. The van der Waals surface area contributed by atoms with Crippen LogP contribution < -0.4 is 10.1 Å². The Labute approximate surface area is 185 Å². The van der Waals surface area contributed by atoms with E-state index in [9.17, 15) is 14.4 Å². The van der Waals surface area contributed by atoms with Crippen LogP contribution in [0.25, 0.3) is 0 Å². The fourth-order valence-electron chi connectivity index (χ4n) is 3.42. The van der Waals surface area contributed by atoms with Gasteiger partial charge in [0.15, 0.2) is 0 Å². The minimum Gasteiger partial charge on any atom is -0.493 e. The lowest BCUT2D eigenvalue weighted by atomic mass is 10.1. The zero-order chi connectivity index (χ0) is 22.6. The quantitative estimate of drug-likeness (QED) is 0.403. The van der Waals surface area contributed by atoms with Gasteiger partial charge < -0.3 is 19.7 Å². The molecule has 1 atom stereocenters. The van der Waals surface area contributed by atoms with Gasteiger partial charge in [0.25, 0.3) is 5.91 Å². The predicted molar refractivity (Wildman–Crippen MR) is 119 cm³/mol. The summed E-state index contributed by atoms with van der Waals surface area (Å²) >= 11 is 0. The maximum atomic E-state index is 13.3. The maximum absolute atomic E-state index is 13.3. The number of rotatable bonds is 12. The summed E-state index contributed by atoms with van der Waals surface area (Å²) in [6, 6.07) is 6.19. The molecule has 1 heterocycles. The molecule has 2 amide bonds. The highest BCUT2D eigenvalue weighted by molar-refractivity contribution is 6.01. The predicted octanol–water partition coefficient (Wildman–Crippen LogP) is 3.57. The van der Waals surface area contributed by atoms with Crippen LogP contribution in [0.4, 0.5) is 0 Å². The Morgan fingerprint density at radius 2 is 1.94 bits per heavy atom. The lowest BCUT2D eigenvalue weighted by Crippen LogP contribution is -2.57. The molecule has 0 aliphatic carbocycles. The van der Waals surface area contributed by atoms with Gasteiger partial charge in [0.2, 0.25) is 5.91 Å². The number of piperazine rings is 1. The number of hydrogen-bond donors (Lipinski definition) is 1. The first-order valence-electron chi connectivity index (χ1n) is 11.4. The Hall–Kier alpha value is -2.57. The van der Waals surface area contributed by atoms with E-state index in [1.165, 1.54) is 4.90 Å². The van der Waals surface area contributed by atoms with Crippen molar-refractivity contribution in [3.8, 4) is 5.75 Å². The number of para-hydroxylation sites is 1.